The molecule has 1 aliphatic heterocycles. The van der Waals surface area contributed by atoms with Crippen LogP contribution in [0.25, 0.3) is 11.3 Å². The number of aromatic carboxylic acids is 1. The van der Waals surface area contributed by atoms with E-state index in [9.17, 15) is 15.0 Å². The van der Waals surface area contributed by atoms with E-state index in [1.807, 2.05) is 18.2 Å². The molecule has 0 saturated heterocycles. The molecule has 0 bridgehead atoms. The van der Waals surface area contributed by atoms with E-state index in [1.54, 1.807) is 24.4 Å². The number of aromatic nitrogens is 2. The van der Waals surface area contributed by atoms with Gasteiger partial charge in [0.15, 0.2) is 0 Å². The number of aryl methyl sites for hydroxylation is 1. The quantitative estimate of drug-likeness (QED) is 0.458. The summed E-state index contributed by atoms with van der Waals surface area (Å²) in [5.41, 5.74) is 9.05. The first-order valence-corrected chi connectivity index (χ1v) is 10.1. The number of hydrogen-bond acceptors (Lipinski definition) is 7. The molecule has 0 fully saturated rings. The van der Waals surface area contributed by atoms with Gasteiger partial charge in [0.05, 0.1) is 17.4 Å². The summed E-state index contributed by atoms with van der Waals surface area (Å²) < 4.78 is 6.10. The Bertz CT molecular complexity index is 1070. The fourth-order valence-electron chi connectivity index (χ4n) is 3.58. The van der Waals surface area contributed by atoms with E-state index >= 15 is 0 Å². The fraction of sp³-hybridized carbons (Fsp3) is 0.261. The molecule has 0 aliphatic carbocycles. The maximum atomic E-state index is 11.2. The van der Waals surface area contributed by atoms with Crippen LogP contribution in [-0.2, 0) is 6.42 Å². The molecular weight excluding hydrogens is 396 g/mol. The Balaban J connectivity index is 1.34. The summed E-state index contributed by atoms with van der Waals surface area (Å²) in [4.78, 5) is 19.5. The third-order valence-corrected chi connectivity index (χ3v) is 5.30. The third-order valence-electron chi connectivity index (χ3n) is 5.30. The van der Waals surface area contributed by atoms with Crippen LogP contribution in [0.5, 0.6) is 5.75 Å². The van der Waals surface area contributed by atoms with E-state index in [4.69, 9.17) is 10.5 Å². The zero-order valence-electron chi connectivity index (χ0n) is 16.9. The Kier molecular flexibility index (Phi) is 6.11. The van der Waals surface area contributed by atoms with Crippen LogP contribution in [0, 0.1) is 0 Å². The number of nitrogens with zero attached hydrogens (tertiary/aromatic N) is 2. The standard InChI is InChI=1S/C23H24N4O4/c24-22-6-3-17(11-27-22)20(28)13-25-12-18-4-1-15-9-14(2-5-21(15)31-18)19-10-16(23(29)30)7-8-26-19/h2-3,5-11,18,20,25,28H,1,4,12-13H2,(H2,24,27)(H,29,30)/t18-,20-/m1/s1. The predicted octanol–water partition coefficient (Wildman–Crippen LogP) is 2.44. The number of benzene rings is 1. The average molecular weight is 420 g/mol. The molecule has 0 radical (unpaired) electrons. The lowest BCUT2D eigenvalue weighted by atomic mass is 9.98. The van der Waals surface area contributed by atoms with E-state index in [2.05, 4.69) is 15.3 Å². The number of aliphatic hydroxyl groups excluding tert-OH is 1. The Morgan fingerprint density at radius 3 is 2.87 bits per heavy atom. The molecule has 4 rings (SSSR count). The minimum atomic E-state index is -0.974. The molecule has 2 atom stereocenters. The van der Waals surface area contributed by atoms with Crippen LogP contribution in [-0.4, -0.2) is 45.3 Å². The van der Waals surface area contributed by atoms with Crippen molar-refractivity contribution in [3.8, 4) is 17.0 Å². The summed E-state index contributed by atoms with van der Waals surface area (Å²) >= 11 is 0. The van der Waals surface area contributed by atoms with Crippen molar-refractivity contribution >= 4 is 11.8 Å². The number of pyridine rings is 2. The van der Waals surface area contributed by atoms with Gasteiger partial charge in [0.1, 0.15) is 17.7 Å². The summed E-state index contributed by atoms with van der Waals surface area (Å²) in [7, 11) is 0. The molecule has 3 heterocycles. The summed E-state index contributed by atoms with van der Waals surface area (Å²) in [5, 5.41) is 22.7. The van der Waals surface area contributed by atoms with Gasteiger partial charge in [-0.2, -0.15) is 0 Å². The zero-order chi connectivity index (χ0) is 21.8. The van der Waals surface area contributed by atoms with Crippen molar-refractivity contribution in [2.45, 2.75) is 25.0 Å². The first kappa shape index (κ1) is 20.8. The first-order chi connectivity index (χ1) is 15.0. The molecule has 0 saturated carbocycles. The molecule has 31 heavy (non-hydrogen) atoms. The van der Waals surface area contributed by atoms with E-state index in [0.29, 0.717) is 30.2 Å². The smallest absolute Gasteiger partial charge is 0.335 e. The van der Waals surface area contributed by atoms with Gasteiger partial charge in [-0.1, -0.05) is 6.07 Å². The monoisotopic (exact) mass is 420 g/mol. The summed E-state index contributed by atoms with van der Waals surface area (Å²) in [6.45, 7) is 1.01. The maximum Gasteiger partial charge on any atom is 0.335 e. The number of hydrogen-bond donors (Lipinski definition) is 4. The molecule has 5 N–H and O–H groups in total. The SMILES string of the molecule is Nc1ccc([C@H](O)CNC[C@H]2CCc3cc(-c4cc(C(=O)O)ccn4)ccc3O2)cn1. The molecule has 0 amide bonds. The molecule has 8 heteroatoms. The van der Waals surface area contributed by atoms with Crippen molar-refractivity contribution in [1.82, 2.24) is 15.3 Å². The molecular formula is C23H24N4O4. The third kappa shape index (κ3) is 4.99. The Hall–Kier alpha value is -3.49. The van der Waals surface area contributed by atoms with Crippen LogP contribution in [0.15, 0.2) is 54.9 Å². The number of carbonyl (C=O) groups is 1. The average Bonchev–Trinajstić information content (AvgIpc) is 2.79. The Morgan fingerprint density at radius 1 is 1.23 bits per heavy atom. The number of nitrogens with one attached hydrogen (secondary N) is 1. The lowest BCUT2D eigenvalue weighted by molar-refractivity contribution is 0.0696. The minimum absolute atomic E-state index is 0.00329. The van der Waals surface area contributed by atoms with Crippen LogP contribution in [0.4, 0.5) is 5.82 Å². The molecule has 8 nitrogen and oxygen atoms in total. The van der Waals surface area contributed by atoms with Crippen LogP contribution >= 0.6 is 0 Å². The van der Waals surface area contributed by atoms with Crippen molar-refractivity contribution in [2.24, 2.45) is 0 Å². The van der Waals surface area contributed by atoms with Gasteiger partial charge in [-0.3, -0.25) is 4.98 Å². The highest BCUT2D eigenvalue weighted by Gasteiger charge is 2.21. The van der Waals surface area contributed by atoms with Gasteiger partial charge >= 0.3 is 5.97 Å². The topological polar surface area (TPSA) is 131 Å². The first-order valence-electron chi connectivity index (χ1n) is 10.1. The normalized spacial score (nSPS) is 16.2. The minimum Gasteiger partial charge on any atom is -0.489 e. The predicted molar refractivity (Wildman–Crippen MR) is 116 cm³/mol. The zero-order valence-corrected chi connectivity index (χ0v) is 16.9. The van der Waals surface area contributed by atoms with Gasteiger partial charge in [-0.05, 0) is 54.8 Å². The van der Waals surface area contributed by atoms with Gasteiger partial charge in [0, 0.05) is 36.6 Å². The maximum absolute atomic E-state index is 11.2. The molecule has 1 aliphatic rings. The van der Waals surface area contributed by atoms with Crippen molar-refractivity contribution in [3.05, 3.63) is 71.5 Å². The van der Waals surface area contributed by atoms with E-state index in [-0.39, 0.29) is 11.7 Å². The molecule has 0 unspecified atom stereocenters. The van der Waals surface area contributed by atoms with Crippen LogP contribution in [0.3, 0.4) is 0 Å². The van der Waals surface area contributed by atoms with Gasteiger partial charge < -0.3 is 26.0 Å². The molecule has 1 aromatic carbocycles. The number of aliphatic hydroxyl groups is 1. The number of ether oxygens (including phenoxy) is 1. The highest BCUT2D eigenvalue weighted by atomic mass is 16.5. The highest BCUT2D eigenvalue weighted by Crippen LogP contribution is 2.31. The lowest BCUT2D eigenvalue weighted by Crippen LogP contribution is -2.36. The molecule has 2 aromatic heterocycles. The van der Waals surface area contributed by atoms with Crippen molar-refractivity contribution in [1.29, 1.82) is 0 Å². The second kappa shape index (κ2) is 9.11. The second-order valence-corrected chi connectivity index (χ2v) is 7.53. The number of carboxylic acid groups (broad SMARTS) is 1. The lowest BCUT2D eigenvalue weighted by Gasteiger charge is -2.27. The molecule has 3 aromatic rings. The van der Waals surface area contributed by atoms with Crippen molar-refractivity contribution in [2.75, 3.05) is 18.8 Å². The van der Waals surface area contributed by atoms with Crippen LogP contribution in [0.2, 0.25) is 0 Å². The van der Waals surface area contributed by atoms with E-state index < -0.39 is 12.1 Å². The summed E-state index contributed by atoms with van der Waals surface area (Å²) in [6.07, 6.45) is 4.10. The fourth-order valence-corrected chi connectivity index (χ4v) is 3.58. The van der Waals surface area contributed by atoms with Crippen molar-refractivity contribution < 1.29 is 19.7 Å². The molecule has 160 valence electrons. The largest absolute Gasteiger partial charge is 0.489 e. The van der Waals surface area contributed by atoms with Gasteiger partial charge in [-0.25, -0.2) is 9.78 Å². The van der Waals surface area contributed by atoms with E-state index in [0.717, 1.165) is 29.7 Å². The number of rotatable bonds is 7. The summed E-state index contributed by atoms with van der Waals surface area (Å²) in [6, 6.07) is 12.3. The number of carboxylic acids is 1. The van der Waals surface area contributed by atoms with E-state index in [1.165, 1.54) is 12.3 Å². The highest BCUT2D eigenvalue weighted by molar-refractivity contribution is 5.88. The van der Waals surface area contributed by atoms with Crippen LogP contribution < -0.4 is 15.8 Å². The van der Waals surface area contributed by atoms with Crippen LogP contribution in [0.1, 0.15) is 34.0 Å². The number of nitrogen functional groups attached to an aromatic ring is 1. The number of anilines is 1. The molecule has 0 spiro atoms. The Labute approximate surface area is 179 Å². The Morgan fingerprint density at radius 2 is 2.10 bits per heavy atom. The van der Waals surface area contributed by atoms with Gasteiger partial charge in [-0.15, -0.1) is 0 Å². The number of fused-ring (bicyclic) bond motifs is 1. The number of nitrogens with two attached hydrogens (primary N) is 1. The second-order valence-electron chi connectivity index (χ2n) is 7.53. The van der Waals surface area contributed by atoms with Crippen molar-refractivity contribution in [3.63, 3.8) is 0 Å². The van der Waals surface area contributed by atoms with Gasteiger partial charge in [0.2, 0.25) is 0 Å². The summed E-state index contributed by atoms with van der Waals surface area (Å²) in [5.74, 6) is 0.268. The van der Waals surface area contributed by atoms with Gasteiger partial charge in [0.25, 0.3) is 0 Å².